The second-order valence-corrected chi connectivity index (χ2v) is 5.31. The van der Waals surface area contributed by atoms with Gasteiger partial charge in [-0.2, -0.15) is 0 Å². The lowest BCUT2D eigenvalue weighted by Gasteiger charge is -2.36. The topological polar surface area (TPSA) is 82.5 Å². The lowest BCUT2D eigenvalue weighted by atomic mass is 9.80. The van der Waals surface area contributed by atoms with E-state index in [0.717, 1.165) is 19.3 Å². The molecule has 0 unspecified atom stereocenters. The fourth-order valence-electron chi connectivity index (χ4n) is 2.46. The number of carboxylic acid groups (broad SMARTS) is 1. The fourth-order valence-corrected chi connectivity index (χ4v) is 2.46. The summed E-state index contributed by atoms with van der Waals surface area (Å²) >= 11 is 0. The second kappa shape index (κ2) is 4.76. The van der Waals surface area contributed by atoms with Gasteiger partial charge >= 0.3 is 5.97 Å². The molecule has 1 fully saturated rings. The van der Waals surface area contributed by atoms with Crippen molar-refractivity contribution in [3.63, 3.8) is 0 Å². The summed E-state index contributed by atoms with van der Waals surface area (Å²) in [5, 5.41) is 22.9. The van der Waals surface area contributed by atoms with E-state index in [1.807, 2.05) is 0 Å². The summed E-state index contributed by atoms with van der Waals surface area (Å²) in [4.78, 5) is 15.5. The van der Waals surface area contributed by atoms with Crippen LogP contribution < -0.4 is 5.32 Å². The molecule has 1 heterocycles. The molecular weight excluding hydrogens is 256 g/mol. The number of anilines is 1. The minimum absolute atomic E-state index is 0.249. The number of fused-ring (bicyclic) bond motifs is 1. The highest BCUT2D eigenvalue weighted by molar-refractivity contribution is 6.02. The van der Waals surface area contributed by atoms with Crippen molar-refractivity contribution in [2.45, 2.75) is 24.9 Å². The largest absolute Gasteiger partial charge is 0.478 e. The first-order valence-corrected chi connectivity index (χ1v) is 6.67. The van der Waals surface area contributed by atoms with E-state index in [9.17, 15) is 9.90 Å². The lowest BCUT2D eigenvalue weighted by Crippen LogP contribution is -2.43. The van der Waals surface area contributed by atoms with Gasteiger partial charge in [-0.15, -0.1) is 0 Å². The van der Waals surface area contributed by atoms with E-state index in [4.69, 9.17) is 5.11 Å². The molecule has 5 nitrogen and oxygen atoms in total. The zero-order valence-electron chi connectivity index (χ0n) is 11.0. The summed E-state index contributed by atoms with van der Waals surface area (Å²) in [6.45, 7) is 0.476. The van der Waals surface area contributed by atoms with Crippen molar-refractivity contribution in [1.29, 1.82) is 0 Å². The summed E-state index contributed by atoms with van der Waals surface area (Å²) in [5.41, 5.74) is 0.272. The van der Waals surface area contributed by atoms with E-state index in [1.165, 1.54) is 0 Å². The van der Waals surface area contributed by atoms with Crippen molar-refractivity contribution in [2.75, 3.05) is 11.9 Å². The van der Waals surface area contributed by atoms with E-state index < -0.39 is 11.6 Å². The first-order valence-electron chi connectivity index (χ1n) is 6.67. The van der Waals surface area contributed by atoms with Gasteiger partial charge in [-0.3, -0.25) is 0 Å². The zero-order valence-corrected chi connectivity index (χ0v) is 11.0. The van der Waals surface area contributed by atoms with Crippen molar-refractivity contribution < 1.29 is 15.0 Å². The number of nitrogens with zero attached hydrogens (tertiary/aromatic N) is 1. The monoisotopic (exact) mass is 272 g/mol. The molecule has 104 valence electrons. The summed E-state index contributed by atoms with van der Waals surface area (Å²) < 4.78 is 0. The Morgan fingerprint density at radius 1 is 1.30 bits per heavy atom. The number of aromatic carboxylic acids is 1. The van der Waals surface area contributed by atoms with E-state index in [2.05, 4.69) is 10.3 Å². The molecule has 0 amide bonds. The zero-order chi connectivity index (χ0) is 14.2. The van der Waals surface area contributed by atoms with Gasteiger partial charge in [0.1, 0.15) is 5.82 Å². The summed E-state index contributed by atoms with van der Waals surface area (Å²) in [6.07, 6.45) is 2.69. The van der Waals surface area contributed by atoms with Crippen molar-refractivity contribution in [3.05, 3.63) is 35.9 Å². The average molecular weight is 272 g/mol. The van der Waals surface area contributed by atoms with Crippen molar-refractivity contribution in [2.24, 2.45) is 0 Å². The summed E-state index contributed by atoms with van der Waals surface area (Å²) in [5.74, 6) is -0.303. The third-order valence-corrected chi connectivity index (χ3v) is 3.85. The Morgan fingerprint density at radius 3 is 2.75 bits per heavy atom. The van der Waals surface area contributed by atoms with Crippen molar-refractivity contribution in [3.8, 4) is 0 Å². The van der Waals surface area contributed by atoms with Crippen LogP contribution in [0.5, 0.6) is 0 Å². The minimum atomic E-state index is -0.957. The number of aliphatic hydroxyl groups is 1. The van der Waals surface area contributed by atoms with Crippen LogP contribution in [0.25, 0.3) is 10.9 Å². The maximum atomic E-state index is 11.1. The number of hydrogen-bond donors (Lipinski definition) is 3. The van der Waals surface area contributed by atoms with E-state index >= 15 is 0 Å². The molecule has 5 heteroatoms. The molecule has 0 atom stereocenters. The second-order valence-electron chi connectivity index (χ2n) is 5.31. The minimum Gasteiger partial charge on any atom is -0.478 e. The van der Waals surface area contributed by atoms with Crippen LogP contribution in [0, 0.1) is 0 Å². The number of hydrogen-bond acceptors (Lipinski definition) is 4. The molecule has 1 aromatic carbocycles. The molecule has 3 rings (SSSR count). The van der Waals surface area contributed by atoms with E-state index in [-0.39, 0.29) is 5.56 Å². The lowest BCUT2D eigenvalue weighted by molar-refractivity contribution is -0.0202. The maximum Gasteiger partial charge on any atom is 0.336 e. The van der Waals surface area contributed by atoms with Crippen LogP contribution in [0.2, 0.25) is 0 Å². The molecule has 0 spiro atoms. The smallest absolute Gasteiger partial charge is 0.336 e. The molecule has 2 aromatic rings. The molecule has 0 saturated heterocycles. The molecule has 0 bridgehead atoms. The highest BCUT2D eigenvalue weighted by Gasteiger charge is 2.33. The van der Waals surface area contributed by atoms with Gasteiger partial charge in [0.25, 0.3) is 0 Å². The van der Waals surface area contributed by atoms with Crippen LogP contribution in [-0.2, 0) is 0 Å². The van der Waals surface area contributed by atoms with Crippen molar-refractivity contribution in [1.82, 2.24) is 4.98 Å². The SMILES string of the molecule is O=C(O)c1cccc2nc(NCC3(O)CCC3)ccc12. The predicted octanol–water partition coefficient (Wildman–Crippen LogP) is 2.26. The molecule has 0 aliphatic heterocycles. The van der Waals surface area contributed by atoms with E-state index in [0.29, 0.717) is 23.3 Å². The summed E-state index contributed by atoms with van der Waals surface area (Å²) in [7, 11) is 0. The van der Waals surface area contributed by atoms with Gasteiger partial charge in [0.15, 0.2) is 0 Å². The van der Waals surface area contributed by atoms with Crippen LogP contribution in [0.15, 0.2) is 30.3 Å². The Balaban J connectivity index is 1.85. The molecule has 1 saturated carbocycles. The average Bonchev–Trinajstić information content (AvgIpc) is 2.42. The Hall–Kier alpha value is -2.14. The first kappa shape index (κ1) is 12.9. The summed E-state index contributed by atoms with van der Waals surface area (Å²) in [6, 6.07) is 8.53. The van der Waals surface area contributed by atoms with Crippen LogP contribution in [0.1, 0.15) is 29.6 Å². The van der Waals surface area contributed by atoms with Crippen molar-refractivity contribution >= 4 is 22.7 Å². The molecule has 3 N–H and O–H groups in total. The Kier molecular flexibility index (Phi) is 3.06. The molecule has 20 heavy (non-hydrogen) atoms. The van der Waals surface area contributed by atoms with Gasteiger partial charge in [0, 0.05) is 11.9 Å². The van der Waals surface area contributed by atoms with Gasteiger partial charge in [-0.25, -0.2) is 9.78 Å². The normalized spacial score (nSPS) is 16.6. The third kappa shape index (κ3) is 2.32. The number of carboxylic acids is 1. The molecule has 1 aromatic heterocycles. The van der Waals surface area contributed by atoms with E-state index in [1.54, 1.807) is 30.3 Å². The van der Waals surface area contributed by atoms with Gasteiger partial charge in [-0.1, -0.05) is 6.07 Å². The molecule has 1 aliphatic carbocycles. The first-order chi connectivity index (χ1) is 9.57. The predicted molar refractivity (Wildman–Crippen MR) is 76.0 cm³/mol. The Bertz CT molecular complexity index is 665. The highest BCUT2D eigenvalue weighted by Crippen LogP contribution is 2.31. The quantitative estimate of drug-likeness (QED) is 0.795. The molecular formula is C15H16N2O3. The van der Waals surface area contributed by atoms with Gasteiger partial charge in [-0.05, 0) is 43.5 Å². The standard InChI is InChI=1S/C15H16N2O3/c18-14(19)11-3-1-4-12-10(11)5-6-13(17-12)16-9-15(20)7-2-8-15/h1,3-6,20H,2,7-9H2,(H,16,17)(H,18,19). The maximum absolute atomic E-state index is 11.1. The number of pyridine rings is 1. The number of rotatable bonds is 4. The number of carbonyl (C=O) groups is 1. The van der Waals surface area contributed by atoms with Gasteiger partial charge < -0.3 is 15.5 Å². The third-order valence-electron chi connectivity index (χ3n) is 3.85. The van der Waals surface area contributed by atoms with Gasteiger partial charge in [0.05, 0.1) is 16.7 Å². The highest BCUT2D eigenvalue weighted by atomic mass is 16.4. The number of benzene rings is 1. The fraction of sp³-hybridized carbons (Fsp3) is 0.333. The molecule has 0 radical (unpaired) electrons. The van der Waals surface area contributed by atoms with Crippen LogP contribution in [0.3, 0.4) is 0 Å². The van der Waals surface area contributed by atoms with Crippen LogP contribution in [0.4, 0.5) is 5.82 Å². The van der Waals surface area contributed by atoms with Crippen LogP contribution >= 0.6 is 0 Å². The van der Waals surface area contributed by atoms with Crippen LogP contribution in [-0.4, -0.2) is 33.3 Å². The molecule has 1 aliphatic rings. The number of aromatic nitrogens is 1. The Morgan fingerprint density at radius 2 is 2.10 bits per heavy atom. The Labute approximate surface area is 116 Å². The van der Waals surface area contributed by atoms with Gasteiger partial charge in [0.2, 0.25) is 0 Å². The number of nitrogens with one attached hydrogen (secondary N) is 1.